The maximum Gasteiger partial charge on any atom is 0.340 e. The topological polar surface area (TPSA) is 112 Å². The van der Waals surface area contributed by atoms with Gasteiger partial charge in [0.1, 0.15) is 6.54 Å². The highest BCUT2D eigenvalue weighted by molar-refractivity contribution is 7.91. The van der Waals surface area contributed by atoms with Gasteiger partial charge in [0, 0.05) is 29.7 Å². The highest BCUT2D eigenvalue weighted by Crippen LogP contribution is 2.22. The molecule has 3 rings (SSSR count). The number of fused-ring (bicyclic) bond motifs is 1. The van der Waals surface area contributed by atoms with Crippen LogP contribution in [-0.4, -0.2) is 73.5 Å². The lowest BCUT2D eigenvalue weighted by Crippen LogP contribution is -2.45. The van der Waals surface area contributed by atoms with E-state index in [0.29, 0.717) is 29.4 Å². The Kier molecular flexibility index (Phi) is 7.22. The summed E-state index contributed by atoms with van der Waals surface area (Å²) >= 11 is 0. The SMILES string of the molecule is COC(=O)c1cn(CC(=O)OCC(=O)N(CC(C)C)C2CCS(=O)(=O)C2)c2ccccc12. The van der Waals surface area contributed by atoms with Gasteiger partial charge < -0.3 is 18.9 Å². The monoisotopic (exact) mass is 464 g/mol. The number of nitrogens with zero attached hydrogens (tertiary/aromatic N) is 2. The van der Waals surface area contributed by atoms with Crippen LogP contribution in [0.5, 0.6) is 0 Å². The van der Waals surface area contributed by atoms with Crippen LogP contribution < -0.4 is 0 Å². The minimum atomic E-state index is -3.15. The van der Waals surface area contributed by atoms with E-state index in [1.165, 1.54) is 18.2 Å². The van der Waals surface area contributed by atoms with Gasteiger partial charge in [0.2, 0.25) is 0 Å². The zero-order valence-corrected chi connectivity index (χ0v) is 19.3. The molecule has 1 aromatic heterocycles. The van der Waals surface area contributed by atoms with Gasteiger partial charge in [0.25, 0.3) is 5.91 Å². The summed E-state index contributed by atoms with van der Waals surface area (Å²) in [5.41, 5.74) is 0.992. The van der Waals surface area contributed by atoms with Gasteiger partial charge in [-0.1, -0.05) is 32.0 Å². The summed E-state index contributed by atoms with van der Waals surface area (Å²) in [5, 5.41) is 0.647. The third-order valence-electron chi connectivity index (χ3n) is 5.38. The number of sulfone groups is 1. The number of carbonyl (C=O) groups excluding carboxylic acids is 3. The average Bonchev–Trinajstić information content (AvgIpc) is 3.29. The Morgan fingerprint density at radius 2 is 1.94 bits per heavy atom. The molecule has 1 unspecified atom stereocenters. The predicted octanol–water partition coefficient (Wildman–Crippen LogP) is 1.64. The Hall–Kier alpha value is -2.88. The van der Waals surface area contributed by atoms with E-state index in [1.807, 2.05) is 13.8 Å². The van der Waals surface area contributed by atoms with Crippen molar-refractivity contribution in [2.45, 2.75) is 32.9 Å². The molecule has 0 aliphatic carbocycles. The molecule has 1 aliphatic rings. The molecular weight excluding hydrogens is 436 g/mol. The Labute approximate surface area is 187 Å². The number of carbonyl (C=O) groups is 3. The van der Waals surface area contributed by atoms with Crippen LogP contribution in [0.1, 0.15) is 30.6 Å². The van der Waals surface area contributed by atoms with Crippen molar-refractivity contribution in [2.75, 3.05) is 31.8 Å². The molecule has 32 heavy (non-hydrogen) atoms. The van der Waals surface area contributed by atoms with Gasteiger partial charge in [-0.25, -0.2) is 13.2 Å². The van der Waals surface area contributed by atoms with Crippen LogP contribution >= 0.6 is 0 Å². The second kappa shape index (κ2) is 9.72. The second-order valence-electron chi connectivity index (χ2n) is 8.34. The first-order valence-corrected chi connectivity index (χ1v) is 12.2. The van der Waals surface area contributed by atoms with Crippen molar-refractivity contribution >= 4 is 38.6 Å². The Bertz CT molecular complexity index is 1120. The molecule has 0 saturated carbocycles. The minimum absolute atomic E-state index is 0.0581. The van der Waals surface area contributed by atoms with Crippen molar-refractivity contribution < 1.29 is 32.3 Å². The summed E-state index contributed by atoms with van der Waals surface area (Å²) < 4.78 is 35.3. The molecule has 1 fully saturated rings. The van der Waals surface area contributed by atoms with Gasteiger partial charge in [-0.05, 0) is 18.4 Å². The zero-order valence-electron chi connectivity index (χ0n) is 18.4. The maximum absolute atomic E-state index is 12.8. The molecule has 10 heteroatoms. The number of esters is 2. The number of rotatable bonds is 8. The number of ether oxygens (including phenoxy) is 2. The van der Waals surface area contributed by atoms with Crippen molar-refractivity contribution in [2.24, 2.45) is 5.92 Å². The van der Waals surface area contributed by atoms with Gasteiger partial charge in [0.05, 0.1) is 24.2 Å². The predicted molar refractivity (Wildman–Crippen MR) is 118 cm³/mol. The molecule has 2 aromatic rings. The molecule has 0 radical (unpaired) electrons. The molecule has 0 spiro atoms. The molecule has 1 atom stereocenters. The van der Waals surface area contributed by atoms with Gasteiger partial charge in [-0.3, -0.25) is 9.59 Å². The summed E-state index contributed by atoms with van der Waals surface area (Å²) in [6, 6.07) is 6.69. The standard InChI is InChI=1S/C22H28N2O7S/c1-15(2)10-24(16-8-9-32(28,29)14-16)20(25)13-31-21(26)12-23-11-18(22(27)30-3)17-6-4-5-7-19(17)23/h4-7,11,15-16H,8-10,12-14H2,1-3H3. The highest BCUT2D eigenvalue weighted by atomic mass is 32.2. The lowest BCUT2D eigenvalue weighted by molar-refractivity contribution is -0.153. The number of hydrogen-bond donors (Lipinski definition) is 0. The summed E-state index contributed by atoms with van der Waals surface area (Å²) in [6.45, 7) is 3.61. The molecule has 0 bridgehead atoms. The highest BCUT2D eigenvalue weighted by Gasteiger charge is 2.35. The van der Waals surface area contributed by atoms with E-state index in [1.54, 1.807) is 28.8 Å². The van der Waals surface area contributed by atoms with E-state index < -0.39 is 40.3 Å². The van der Waals surface area contributed by atoms with Crippen molar-refractivity contribution in [3.05, 3.63) is 36.0 Å². The fourth-order valence-corrected chi connectivity index (χ4v) is 5.66. The van der Waals surface area contributed by atoms with Gasteiger partial charge in [-0.15, -0.1) is 0 Å². The van der Waals surface area contributed by atoms with Gasteiger partial charge in [0.15, 0.2) is 16.4 Å². The molecule has 2 heterocycles. The van der Waals surface area contributed by atoms with Crippen LogP contribution in [0.2, 0.25) is 0 Å². The Morgan fingerprint density at radius 3 is 2.56 bits per heavy atom. The molecule has 1 amide bonds. The normalized spacial score (nSPS) is 17.4. The summed E-state index contributed by atoms with van der Waals surface area (Å²) in [5.74, 6) is -1.44. The van der Waals surface area contributed by atoms with Crippen molar-refractivity contribution in [3.8, 4) is 0 Å². The number of hydrogen-bond acceptors (Lipinski definition) is 7. The van der Waals surface area contributed by atoms with Crippen LogP contribution in [-0.2, 0) is 35.4 Å². The largest absolute Gasteiger partial charge is 0.465 e. The van der Waals surface area contributed by atoms with Crippen molar-refractivity contribution in [3.63, 3.8) is 0 Å². The van der Waals surface area contributed by atoms with Gasteiger partial charge in [-0.2, -0.15) is 0 Å². The third-order valence-corrected chi connectivity index (χ3v) is 7.13. The van der Waals surface area contributed by atoms with E-state index in [9.17, 15) is 22.8 Å². The molecule has 1 aliphatic heterocycles. The summed E-state index contributed by atoms with van der Waals surface area (Å²) in [6.07, 6.45) is 1.91. The van der Waals surface area contributed by atoms with Gasteiger partial charge >= 0.3 is 11.9 Å². The number of aromatic nitrogens is 1. The van der Waals surface area contributed by atoms with E-state index >= 15 is 0 Å². The van der Waals surface area contributed by atoms with E-state index in [-0.39, 0.29) is 24.0 Å². The Morgan fingerprint density at radius 1 is 1.22 bits per heavy atom. The number of methoxy groups -OCH3 is 1. The first-order valence-electron chi connectivity index (χ1n) is 10.4. The van der Waals surface area contributed by atoms with E-state index in [0.717, 1.165) is 0 Å². The fraction of sp³-hybridized carbons (Fsp3) is 0.500. The molecule has 1 saturated heterocycles. The lowest BCUT2D eigenvalue weighted by Gasteiger charge is -2.29. The van der Waals surface area contributed by atoms with Crippen LogP contribution in [0.15, 0.2) is 30.5 Å². The van der Waals surface area contributed by atoms with Crippen molar-refractivity contribution in [1.29, 1.82) is 0 Å². The van der Waals surface area contributed by atoms with Crippen molar-refractivity contribution in [1.82, 2.24) is 9.47 Å². The molecule has 9 nitrogen and oxygen atoms in total. The number of para-hydroxylation sites is 1. The summed E-state index contributed by atoms with van der Waals surface area (Å²) in [7, 11) is -1.87. The minimum Gasteiger partial charge on any atom is -0.465 e. The van der Waals surface area contributed by atoms with E-state index in [4.69, 9.17) is 9.47 Å². The second-order valence-corrected chi connectivity index (χ2v) is 10.6. The van der Waals surface area contributed by atoms with Crippen LogP contribution in [0.25, 0.3) is 10.9 Å². The molecule has 174 valence electrons. The van der Waals surface area contributed by atoms with E-state index in [2.05, 4.69) is 0 Å². The van der Waals surface area contributed by atoms with Crippen LogP contribution in [0.3, 0.4) is 0 Å². The van der Waals surface area contributed by atoms with Crippen LogP contribution in [0, 0.1) is 5.92 Å². The number of benzene rings is 1. The smallest absolute Gasteiger partial charge is 0.340 e. The number of amides is 1. The molecular formula is C22H28N2O7S. The average molecular weight is 465 g/mol. The molecule has 1 aromatic carbocycles. The Balaban J connectivity index is 1.67. The third kappa shape index (κ3) is 5.48. The lowest BCUT2D eigenvalue weighted by atomic mass is 10.1. The summed E-state index contributed by atoms with van der Waals surface area (Å²) in [4.78, 5) is 38.8. The molecule has 0 N–H and O–H groups in total. The first kappa shape index (κ1) is 23.8. The quantitative estimate of drug-likeness (QED) is 0.546. The first-order chi connectivity index (χ1) is 15.1. The fourth-order valence-electron chi connectivity index (χ4n) is 3.93. The zero-order chi connectivity index (χ0) is 23.5. The van der Waals surface area contributed by atoms with Crippen LogP contribution in [0.4, 0.5) is 0 Å². The maximum atomic E-state index is 12.8.